The Labute approximate surface area is 132 Å². The van der Waals surface area contributed by atoms with Gasteiger partial charge in [-0.25, -0.2) is 9.65 Å². The number of para-hydroxylation sites is 1. The third-order valence-electron chi connectivity index (χ3n) is 2.23. The fraction of sp³-hybridized carbons (Fsp3) is 0.462. The van der Waals surface area contributed by atoms with Crippen LogP contribution in [0.25, 0.3) is 0 Å². The number of carbonyl (C=O) groups is 1. The highest BCUT2D eigenvalue weighted by molar-refractivity contribution is 14.2. The Balaban J connectivity index is 2.74. The number of hydrogen-bond donors (Lipinski definition) is 1. The van der Waals surface area contributed by atoms with Gasteiger partial charge in [-0.1, -0.05) is 18.2 Å². The molecule has 1 aromatic carbocycles. The van der Waals surface area contributed by atoms with E-state index in [1.807, 2.05) is 6.07 Å². The molecule has 1 rings (SSSR count). The highest BCUT2D eigenvalue weighted by atomic mass is 127. The van der Waals surface area contributed by atoms with Crippen LogP contribution < -0.4 is 9.61 Å². The summed E-state index contributed by atoms with van der Waals surface area (Å²) in [6, 6.07) is 8.80. The molecule has 0 aliphatic rings. The molecule has 0 spiro atoms. The zero-order valence-electron chi connectivity index (χ0n) is 11.9. The van der Waals surface area contributed by atoms with E-state index in [4.69, 9.17) is 9.26 Å². The summed E-state index contributed by atoms with van der Waals surface area (Å²) < 4.78 is 23.0. The molecular weight excluding hydrogens is 392 g/mol. The van der Waals surface area contributed by atoms with Crippen molar-refractivity contribution >= 4 is 33.2 Å². The van der Waals surface area contributed by atoms with Crippen molar-refractivity contribution in [3.8, 4) is 5.75 Å². The molecule has 0 fully saturated rings. The lowest BCUT2D eigenvalue weighted by Crippen LogP contribution is -2.46. The average molecular weight is 411 g/mol. The van der Waals surface area contributed by atoms with Gasteiger partial charge in [0.25, 0.3) is 0 Å². The maximum Gasteiger partial charge on any atom is 0.375 e. The van der Waals surface area contributed by atoms with E-state index in [0.29, 0.717) is 5.75 Å². The molecule has 1 atom stereocenters. The van der Waals surface area contributed by atoms with E-state index in [1.165, 1.54) is 0 Å². The van der Waals surface area contributed by atoms with Gasteiger partial charge in [0.1, 0.15) is 11.3 Å². The van der Waals surface area contributed by atoms with Gasteiger partial charge in [-0.05, 0) is 39.8 Å². The first-order chi connectivity index (χ1) is 9.12. The highest BCUT2D eigenvalue weighted by Gasteiger charge is 2.37. The predicted molar refractivity (Wildman–Crippen MR) is 87.1 cm³/mol. The Kier molecular flexibility index (Phi) is 6.04. The lowest BCUT2D eigenvalue weighted by Gasteiger charge is -2.27. The smallest absolute Gasteiger partial charge is 0.375 e. The van der Waals surface area contributed by atoms with E-state index < -0.39 is 16.7 Å². The SMILES string of the molecule is CC(C)OC(=O)C(C)(C)NP(=O)(I)Oc1ccccc1. The van der Waals surface area contributed by atoms with E-state index >= 15 is 0 Å². The van der Waals surface area contributed by atoms with Crippen LogP contribution >= 0.6 is 27.2 Å². The van der Waals surface area contributed by atoms with Gasteiger partial charge in [0.05, 0.1) is 28.1 Å². The summed E-state index contributed by atoms with van der Waals surface area (Å²) in [6.07, 6.45) is -0.229. The number of halogens is 1. The van der Waals surface area contributed by atoms with E-state index in [1.54, 1.807) is 74.0 Å². The summed E-state index contributed by atoms with van der Waals surface area (Å²) in [7, 11) is 0. The van der Waals surface area contributed by atoms with Gasteiger partial charge >= 0.3 is 11.1 Å². The molecule has 0 radical (unpaired) electrons. The molecule has 7 heteroatoms. The summed E-state index contributed by atoms with van der Waals surface area (Å²) in [5, 5.41) is -0.482. The highest BCUT2D eigenvalue weighted by Crippen LogP contribution is 2.53. The molecule has 20 heavy (non-hydrogen) atoms. The fourth-order valence-corrected chi connectivity index (χ4v) is 5.07. The number of rotatable bonds is 6. The standard InChI is InChI=1S/C13H19INO4P/c1-10(2)18-12(16)13(3,4)15-20(14,17)19-11-8-6-5-7-9-11/h5-10H,1-4H3,(H,15,17). The minimum Gasteiger partial charge on any atom is -0.462 e. The topological polar surface area (TPSA) is 64.6 Å². The first-order valence-corrected chi connectivity index (χ1v) is 10.6. The molecule has 0 saturated heterocycles. The van der Waals surface area contributed by atoms with Crippen LogP contribution in [-0.4, -0.2) is 17.6 Å². The summed E-state index contributed by atoms with van der Waals surface area (Å²) in [4.78, 5) is 11.9. The van der Waals surface area contributed by atoms with Crippen molar-refractivity contribution < 1.29 is 18.6 Å². The van der Waals surface area contributed by atoms with Crippen molar-refractivity contribution in [1.29, 1.82) is 0 Å². The van der Waals surface area contributed by atoms with Gasteiger partial charge in [-0.3, -0.25) is 4.79 Å². The number of esters is 1. The van der Waals surface area contributed by atoms with Crippen molar-refractivity contribution in [1.82, 2.24) is 5.09 Å². The van der Waals surface area contributed by atoms with Crippen LogP contribution in [0.4, 0.5) is 0 Å². The number of nitrogens with one attached hydrogen (secondary N) is 1. The van der Waals surface area contributed by atoms with Crippen LogP contribution in [0.5, 0.6) is 5.75 Å². The largest absolute Gasteiger partial charge is 0.462 e. The first-order valence-electron chi connectivity index (χ1n) is 6.17. The summed E-state index contributed by atoms with van der Waals surface area (Å²) in [5.74, 6) is 0.00631. The van der Waals surface area contributed by atoms with Crippen molar-refractivity contribution in [2.75, 3.05) is 0 Å². The third kappa shape index (κ3) is 5.81. The first kappa shape index (κ1) is 17.5. The maximum atomic E-state index is 12.4. The van der Waals surface area contributed by atoms with Crippen LogP contribution in [0.1, 0.15) is 27.7 Å². The van der Waals surface area contributed by atoms with Crippen molar-refractivity contribution in [2.24, 2.45) is 0 Å². The second kappa shape index (κ2) is 6.91. The number of benzene rings is 1. The maximum absolute atomic E-state index is 12.4. The van der Waals surface area contributed by atoms with E-state index in [0.717, 1.165) is 0 Å². The molecule has 0 saturated carbocycles. The molecule has 112 valence electrons. The Morgan fingerprint density at radius 3 is 2.35 bits per heavy atom. The minimum atomic E-state index is -3.21. The lowest BCUT2D eigenvalue weighted by molar-refractivity contribution is -0.153. The molecule has 5 nitrogen and oxygen atoms in total. The van der Waals surface area contributed by atoms with Crippen LogP contribution in [0, 0.1) is 0 Å². The van der Waals surface area contributed by atoms with Gasteiger partial charge in [0.2, 0.25) is 0 Å². The van der Waals surface area contributed by atoms with Gasteiger partial charge < -0.3 is 9.26 Å². The number of carbonyl (C=O) groups excluding carboxylic acids is 1. The molecular formula is C13H19INO4P. The molecule has 0 aliphatic heterocycles. The molecule has 0 aromatic heterocycles. The molecule has 0 heterocycles. The Morgan fingerprint density at radius 1 is 1.30 bits per heavy atom. The summed E-state index contributed by atoms with van der Waals surface area (Å²) in [6.45, 7) is 6.74. The normalized spacial score (nSPS) is 14.7. The third-order valence-corrected chi connectivity index (χ3v) is 4.82. The van der Waals surface area contributed by atoms with E-state index in [2.05, 4.69) is 5.09 Å². The monoisotopic (exact) mass is 411 g/mol. The Bertz CT molecular complexity index is 504. The predicted octanol–water partition coefficient (Wildman–Crippen LogP) is 3.93. The van der Waals surface area contributed by atoms with Crippen molar-refractivity contribution in [3.05, 3.63) is 30.3 Å². The number of ether oxygens (including phenoxy) is 1. The van der Waals surface area contributed by atoms with Gasteiger partial charge in [0, 0.05) is 0 Å². The Morgan fingerprint density at radius 2 is 1.85 bits per heavy atom. The molecule has 1 aromatic rings. The van der Waals surface area contributed by atoms with Gasteiger partial charge in [-0.2, -0.15) is 0 Å². The van der Waals surface area contributed by atoms with Crippen LogP contribution in [0.15, 0.2) is 30.3 Å². The zero-order valence-corrected chi connectivity index (χ0v) is 15.0. The summed E-state index contributed by atoms with van der Waals surface area (Å²) in [5.41, 5.74) is -1.10. The van der Waals surface area contributed by atoms with Crippen molar-refractivity contribution in [2.45, 2.75) is 39.3 Å². The lowest BCUT2D eigenvalue weighted by atomic mass is 10.1. The van der Waals surface area contributed by atoms with Crippen LogP contribution in [-0.2, 0) is 14.1 Å². The summed E-state index contributed by atoms with van der Waals surface area (Å²) >= 11 is 1.69. The second-order valence-corrected chi connectivity index (χ2v) is 10.3. The molecule has 0 amide bonds. The minimum absolute atomic E-state index is 0.229. The quantitative estimate of drug-likeness (QED) is 0.437. The molecule has 0 aliphatic carbocycles. The van der Waals surface area contributed by atoms with Crippen molar-refractivity contribution in [3.63, 3.8) is 0 Å². The Hall–Kier alpha value is -0.590. The van der Waals surface area contributed by atoms with E-state index in [9.17, 15) is 9.36 Å². The van der Waals surface area contributed by atoms with Crippen LogP contribution in [0.3, 0.4) is 0 Å². The second-order valence-electron chi connectivity index (χ2n) is 5.07. The van der Waals surface area contributed by atoms with Gasteiger partial charge in [0.15, 0.2) is 0 Å². The van der Waals surface area contributed by atoms with Gasteiger partial charge in [-0.15, -0.1) is 0 Å². The van der Waals surface area contributed by atoms with Crippen LogP contribution in [0.2, 0.25) is 0 Å². The average Bonchev–Trinajstić information content (AvgIpc) is 2.26. The zero-order chi connectivity index (χ0) is 15.4. The number of hydrogen-bond acceptors (Lipinski definition) is 4. The molecule has 0 bridgehead atoms. The fourth-order valence-electron chi connectivity index (χ4n) is 1.38. The van der Waals surface area contributed by atoms with E-state index in [-0.39, 0.29) is 6.10 Å². The molecule has 1 N–H and O–H groups in total. The molecule has 1 unspecified atom stereocenters.